The van der Waals surface area contributed by atoms with Crippen LogP contribution in [0.2, 0.25) is 0 Å². The largest absolute Gasteiger partial charge is 0.508 e. The average molecular weight is 233 g/mol. The number of hydrogen-bond donors (Lipinski definition) is 3. The smallest absolute Gasteiger partial charge is 0.280 e. The van der Waals surface area contributed by atoms with Crippen LogP contribution < -0.4 is 5.73 Å². The van der Waals surface area contributed by atoms with Crippen LogP contribution in [0, 0.1) is 0 Å². The molecule has 0 unspecified atom stereocenters. The first-order valence-corrected chi connectivity index (χ1v) is 5.60. The molecule has 15 heavy (non-hydrogen) atoms. The molecular weight excluding hydrogens is 222 g/mol. The van der Waals surface area contributed by atoms with Crippen LogP contribution in [-0.4, -0.2) is 24.5 Å². The molecule has 1 aromatic carbocycles. The lowest BCUT2D eigenvalue weighted by molar-refractivity contribution is 0.301. The Labute approximate surface area is 87.0 Å². The summed E-state index contributed by atoms with van der Waals surface area (Å²) in [6.45, 7) is -0.314. The van der Waals surface area contributed by atoms with Crippen LogP contribution in [0.4, 0.5) is 0 Å². The van der Waals surface area contributed by atoms with Crippen molar-refractivity contribution in [3.8, 4) is 11.5 Å². The molecule has 0 bridgehead atoms. The second-order valence-electron chi connectivity index (χ2n) is 2.80. The average Bonchev–Trinajstić information content (AvgIpc) is 2.16. The van der Waals surface area contributed by atoms with Crippen LogP contribution in [0.3, 0.4) is 0 Å². The molecule has 0 aliphatic heterocycles. The van der Waals surface area contributed by atoms with Crippen molar-refractivity contribution in [1.29, 1.82) is 0 Å². The van der Waals surface area contributed by atoms with E-state index in [1.54, 1.807) is 0 Å². The van der Waals surface area contributed by atoms with Crippen molar-refractivity contribution in [1.82, 2.24) is 0 Å². The number of aromatic hydroxyl groups is 2. The third-order valence-electron chi connectivity index (χ3n) is 1.67. The minimum Gasteiger partial charge on any atom is -0.508 e. The summed E-state index contributed by atoms with van der Waals surface area (Å²) in [6.07, 6.45) is 0. The number of hydrogen-bond acceptors (Lipinski definition) is 6. The molecule has 0 heterocycles. The molecular formula is C8H11NO5S. The third kappa shape index (κ3) is 3.39. The second kappa shape index (κ2) is 4.47. The molecule has 0 fully saturated rings. The Bertz CT molecular complexity index is 442. The van der Waals surface area contributed by atoms with E-state index < -0.39 is 16.0 Å². The maximum atomic E-state index is 10.9. The summed E-state index contributed by atoms with van der Waals surface area (Å²) in [5, 5.41) is 18.3. The van der Waals surface area contributed by atoms with E-state index in [4.69, 9.17) is 10.8 Å². The number of rotatable bonds is 4. The molecule has 0 spiro atoms. The van der Waals surface area contributed by atoms with Gasteiger partial charge in [0.15, 0.2) is 0 Å². The van der Waals surface area contributed by atoms with E-state index in [2.05, 4.69) is 4.18 Å². The highest BCUT2D eigenvalue weighted by molar-refractivity contribution is 7.86. The number of benzene rings is 1. The van der Waals surface area contributed by atoms with Crippen LogP contribution in [0.1, 0.15) is 5.56 Å². The van der Waals surface area contributed by atoms with E-state index >= 15 is 0 Å². The van der Waals surface area contributed by atoms with Gasteiger partial charge >= 0.3 is 0 Å². The normalized spacial score (nSPS) is 11.5. The highest BCUT2D eigenvalue weighted by Gasteiger charge is 2.10. The highest BCUT2D eigenvalue weighted by atomic mass is 32.2. The van der Waals surface area contributed by atoms with Crippen molar-refractivity contribution >= 4 is 10.1 Å². The van der Waals surface area contributed by atoms with Gasteiger partial charge in [-0.15, -0.1) is 0 Å². The Hall–Kier alpha value is -1.31. The van der Waals surface area contributed by atoms with Gasteiger partial charge in [-0.1, -0.05) is 0 Å². The number of phenols is 2. The second-order valence-corrected chi connectivity index (χ2v) is 4.48. The SMILES string of the molecule is NCS(=O)(=O)OCc1ccc(O)cc1O. The quantitative estimate of drug-likeness (QED) is 0.624. The Morgan fingerprint density at radius 2 is 2.00 bits per heavy atom. The molecule has 0 aliphatic carbocycles. The molecule has 0 aliphatic rings. The van der Waals surface area contributed by atoms with Gasteiger partial charge in [0.25, 0.3) is 10.1 Å². The van der Waals surface area contributed by atoms with E-state index in [0.29, 0.717) is 0 Å². The third-order valence-corrected chi connectivity index (χ3v) is 2.55. The predicted molar refractivity (Wildman–Crippen MR) is 52.5 cm³/mol. The topological polar surface area (TPSA) is 110 Å². The summed E-state index contributed by atoms with van der Waals surface area (Å²) in [6, 6.07) is 3.76. The fraction of sp³-hybridized carbons (Fsp3) is 0.250. The van der Waals surface area contributed by atoms with Crippen molar-refractivity contribution in [2.24, 2.45) is 5.73 Å². The van der Waals surface area contributed by atoms with Crippen molar-refractivity contribution in [2.75, 3.05) is 5.88 Å². The van der Waals surface area contributed by atoms with Gasteiger partial charge in [-0.25, -0.2) is 0 Å². The van der Waals surface area contributed by atoms with Gasteiger partial charge in [0.1, 0.15) is 17.4 Å². The minimum atomic E-state index is -3.74. The lowest BCUT2D eigenvalue weighted by atomic mass is 10.2. The molecule has 4 N–H and O–H groups in total. The summed E-state index contributed by atoms with van der Waals surface area (Å²) in [5.74, 6) is -0.966. The van der Waals surface area contributed by atoms with E-state index in [-0.39, 0.29) is 23.7 Å². The van der Waals surface area contributed by atoms with Gasteiger partial charge in [-0.3, -0.25) is 4.18 Å². The van der Waals surface area contributed by atoms with Gasteiger partial charge in [-0.2, -0.15) is 8.42 Å². The minimum absolute atomic E-state index is 0.113. The maximum Gasteiger partial charge on any atom is 0.280 e. The molecule has 7 heteroatoms. The Morgan fingerprint density at radius 3 is 2.53 bits per heavy atom. The standard InChI is InChI=1S/C8H11NO5S/c9-5-15(12,13)14-4-6-1-2-7(10)3-8(6)11/h1-3,10-11H,4-5,9H2. The molecule has 0 atom stereocenters. The van der Waals surface area contributed by atoms with E-state index in [9.17, 15) is 13.5 Å². The van der Waals surface area contributed by atoms with Crippen LogP contribution >= 0.6 is 0 Å². The molecule has 0 saturated heterocycles. The predicted octanol–water partition coefficient (Wildman–Crippen LogP) is -0.140. The molecule has 0 aromatic heterocycles. The summed E-state index contributed by atoms with van der Waals surface area (Å²) in [4.78, 5) is 0. The molecule has 0 amide bonds. The first-order chi connectivity index (χ1) is 6.94. The number of nitrogens with two attached hydrogens (primary N) is 1. The zero-order valence-electron chi connectivity index (χ0n) is 7.75. The van der Waals surface area contributed by atoms with E-state index in [1.165, 1.54) is 12.1 Å². The fourth-order valence-electron chi connectivity index (χ4n) is 0.876. The number of phenolic OH excluding ortho intramolecular Hbond substituents is 2. The molecule has 1 rings (SSSR count). The van der Waals surface area contributed by atoms with Crippen LogP contribution in [0.5, 0.6) is 11.5 Å². The van der Waals surface area contributed by atoms with Crippen molar-refractivity contribution in [3.63, 3.8) is 0 Å². The van der Waals surface area contributed by atoms with Crippen molar-refractivity contribution < 1.29 is 22.8 Å². The summed E-state index contributed by atoms with van der Waals surface area (Å²) in [7, 11) is -3.74. The van der Waals surface area contributed by atoms with Gasteiger partial charge < -0.3 is 15.9 Å². The van der Waals surface area contributed by atoms with Crippen LogP contribution in [0.15, 0.2) is 18.2 Å². The summed E-state index contributed by atoms with van der Waals surface area (Å²) < 4.78 is 26.2. The van der Waals surface area contributed by atoms with E-state index in [0.717, 1.165) is 6.07 Å². The van der Waals surface area contributed by atoms with Gasteiger partial charge in [0.05, 0.1) is 6.61 Å². The summed E-state index contributed by atoms with van der Waals surface area (Å²) in [5.41, 5.74) is 5.17. The van der Waals surface area contributed by atoms with Gasteiger partial charge in [0, 0.05) is 11.6 Å². The zero-order chi connectivity index (χ0) is 11.5. The van der Waals surface area contributed by atoms with E-state index in [1.807, 2.05) is 0 Å². The van der Waals surface area contributed by atoms with Crippen molar-refractivity contribution in [3.05, 3.63) is 23.8 Å². The van der Waals surface area contributed by atoms with Crippen molar-refractivity contribution in [2.45, 2.75) is 6.61 Å². The molecule has 6 nitrogen and oxygen atoms in total. The molecule has 1 aromatic rings. The summed E-state index contributed by atoms with van der Waals surface area (Å²) >= 11 is 0. The maximum absolute atomic E-state index is 10.9. The first-order valence-electron chi connectivity index (χ1n) is 4.02. The fourth-order valence-corrected chi connectivity index (χ4v) is 1.28. The van der Waals surface area contributed by atoms with Gasteiger partial charge in [-0.05, 0) is 12.1 Å². The molecule has 0 saturated carbocycles. The molecule has 0 radical (unpaired) electrons. The Balaban J connectivity index is 2.74. The lowest BCUT2D eigenvalue weighted by Crippen LogP contribution is -2.17. The molecule has 84 valence electrons. The Morgan fingerprint density at radius 1 is 1.33 bits per heavy atom. The lowest BCUT2D eigenvalue weighted by Gasteiger charge is -2.05. The highest BCUT2D eigenvalue weighted by Crippen LogP contribution is 2.23. The first kappa shape index (κ1) is 11.8. The van der Waals surface area contributed by atoms with Crippen LogP contribution in [0.25, 0.3) is 0 Å². The zero-order valence-corrected chi connectivity index (χ0v) is 8.57. The monoisotopic (exact) mass is 233 g/mol. The van der Waals surface area contributed by atoms with Crippen LogP contribution in [-0.2, 0) is 20.9 Å². The van der Waals surface area contributed by atoms with Gasteiger partial charge in [0.2, 0.25) is 0 Å². The Kier molecular flexibility index (Phi) is 3.51.